The Kier molecular flexibility index (Phi) is 9.58. The number of rotatable bonds is 11. The molecule has 0 spiro atoms. The number of anilines is 1. The van der Waals surface area contributed by atoms with Crippen LogP contribution in [0.1, 0.15) is 23.6 Å². The number of amides is 1. The molecule has 0 N–H and O–H groups in total. The maximum absolute atomic E-state index is 13.6. The van der Waals surface area contributed by atoms with Gasteiger partial charge in [0.1, 0.15) is 19.0 Å². The lowest BCUT2D eigenvalue weighted by molar-refractivity contribution is -0.113. The van der Waals surface area contributed by atoms with E-state index in [1.165, 1.54) is 11.8 Å². The summed E-state index contributed by atoms with van der Waals surface area (Å²) < 4.78 is 18.0. The van der Waals surface area contributed by atoms with Crippen LogP contribution in [-0.4, -0.2) is 17.7 Å². The maximum atomic E-state index is 13.6. The lowest BCUT2D eigenvalue weighted by Crippen LogP contribution is -2.28. The van der Waals surface area contributed by atoms with E-state index in [0.29, 0.717) is 41.4 Å². The fraction of sp³-hybridized carbons (Fsp3) is 0.105. The highest BCUT2D eigenvalue weighted by atomic mass is 32.2. The predicted octanol–water partition coefficient (Wildman–Crippen LogP) is 9.05. The van der Waals surface area contributed by atoms with Crippen molar-refractivity contribution in [1.82, 2.24) is 0 Å². The fourth-order valence-corrected chi connectivity index (χ4v) is 5.71. The largest absolute Gasteiger partial charge is 0.490 e. The van der Waals surface area contributed by atoms with Gasteiger partial charge in [-0.15, -0.1) is 0 Å². The predicted molar refractivity (Wildman–Crippen MR) is 182 cm³/mol. The van der Waals surface area contributed by atoms with Crippen LogP contribution in [0.2, 0.25) is 0 Å². The number of carbonyl (C=O) groups is 1. The lowest BCUT2D eigenvalue weighted by Gasteiger charge is -2.15. The average Bonchev–Trinajstić information content (AvgIpc) is 3.38. The molecule has 1 aliphatic heterocycles. The van der Waals surface area contributed by atoms with Crippen LogP contribution >= 0.6 is 11.8 Å². The summed E-state index contributed by atoms with van der Waals surface area (Å²) in [7, 11) is 0. The Morgan fingerprint density at radius 2 is 1.36 bits per heavy atom. The molecule has 5 aromatic rings. The zero-order valence-corrected chi connectivity index (χ0v) is 25.7. The molecule has 5 aromatic carbocycles. The quantitative estimate of drug-likeness (QED) is 0.139. The smallest absolute Gasteiger partial charge is 0.271 e. The molecule has 0 saturated carbocycles. The zero-order valence-electron chi connectivity index (χ0n) is 24.8. The number of thioether (sulfide) groups is 1. The van der Waals surface area contributed by atoms with Gasteiger partial charge in [-0.1, -0.05) is 84.9 Å². The summed E-state index contributed by atoms with van der Waals surface area (Å²) >= 11 is 1.37. The van der Waals surface area contributed by atoms with Gasteiger partial charge in [-0.25, -0.2) is 4.99 Å². The molecule has 1 heterocycles. The molecular weight excluding hydrogens is 580 g/mol. The molecule has 0 radical (unpaired) electrons. The zero-order chi connectivity index (χ0) is 30.8. The van der Waals surface area contributed by atoms with Gasteiger partial charge in [0, 0.05) is 0 Å². The molecule has 1 aliphatic rings. The summed E-state index contributed by atoms with van der Waals surface area (Å²) in [4.78, 5) is 20.6. The summed E-state index contributed by atoms with van der Waals surface area (Å²) in [6.07, 6.45) is 1.89. The van der Waals surface area contributed by atoms with E-state index in [-0.39, 0.29) is 5.91 Å². The van der Waals surface area contributed by atoms with Crippen molar-refractivity contribution in [2.75, 3.05) is 11.5 Å². The van der Waals surface area contributed by atoms with Gasteiger partial charge in [0.05, 0.1) is 22.9 Å². The average molecular weight is 613 g/mol. The molecule has 0 aromatic heterocycles. The van der Waals surface area contributed by atoms with Gasteiger partial charge in [-0.05, 0) is 90.0 Å². The molecule has 0 unspecified atom stereocenters. The van der Waals surface area contributed by atoms with Crippen LogP contribution in [0.5, 0.6) is 17.2 Å². The summed E-state index contributed by atoms with van der Waals surface area (Å²) in [5.41, 5.74) is 4.53. The number of carbonyl (C=O) groups excluding carboxylic acids is 1. The van der Waals surface area contributed by atoms with Crippen molar-refractivity contribution in [2.45, 2.75) is 20.1 Å². The lowest BCUT2D eigenvalue weighted by atomic mass is 10.2. The molecule has 0 aliphatic carbocycles. The normalized spacial score (nSPS) is 14.6. The van der Waals surface area contributed by atoms with Crippen molar-refractivity contribution in [3.63, 3.8) is 0 Å². The van der Waals surface area contributed by atoms with E-state index in [0.717, 1.165) is 33.8 Å². The molecule has 1 amide bonds. The van der Waals surface area contributed by atoms with E-state index in [9.17, 15) is 4.79 Å². The minimum absolute atomic E-state index is 0.109. The first kappa shape index (κ1) is 29.8. The molecule has 45 heavy (non-hydrogen) atoms. The SMILES string of the molecule is CCOc1cc(COc2ccc(/C=C3/SC(=Nc4ccccc4)N(c4ccccc4)C3=O)cc2)ccc1OCc1ccccc1. The van der Waals surface area contributed by atoms with Crippen molar-refractivity contribution in [1.29, 1.82) is 0 Å². The third kappa shape index (κ3) is 7.63. The van der Waals surface area contributed by atoms with Gasteiger partial charge in [0.2, 0.25) is 0 Å². The van der Waals surface area contributed by atoms with Crippen molar-refractivity contribution in [3.05, 3.63) is 155 Å². The highest BCUT2D eigenvalue weighted by Crippen LogP contribution is 2.37. The number of nitrogens with zero attached hydrogens (tertiary/aromatic N) is 2. The van der Waals surface area contributed by atoms with Gasteiger partial charge < -0.3 is 14.2 Å². The second kappa shape index (κ2) is 14.5. The third-order valence-corrected chi connectivity index (χ3v) is 7.90. The topological polar surface area (TPSA) is 60.4 Å². The Bertz CT molecular complexity index is 1790. The van der Waals surface area contributed by atoms with E-state index in [4.69, 9.17) is 19.2 Å². The van der Waals surface area contributed by atoms with Crippen LogP contribution in [0.3, 0.4) is 0 Å². The third-order valence-electron chi connectivity index (χ3n) is 6.93. The Balaban J connectivity index is 1.13. The molecule has 0 bridgehead atoms. The van der Waals surface area contributed by atoms with Crippen LogP contribution in [0.15, 0.2) is 143 Å². The highest BCUT2D eigenvalue weighted by molar-refractivity contribution is 8.19. The van der Waals surface area contributed by atoms with Crippen LogP contribution in [-0.2, 0) is 18.0 Å². The minimum atomic E-state index is -0.109. The molecule has 224 valence electrons. The molecular formula is C38H32N2O4S. The first-order valence-electron chi connectivity index (χ1n) is 14.7. The number of hydrogen-bond donors (Lipinski definition) is 0. The van der Waals surface area contributed by atoms with E-state index in [1.54, 1.807) is 4.90 Å². The molecule has 7 heteroatoms. The van der Waals surface area contributed by atoms with Crippen LogP contribution in [0, 0.1) is 0 Å². The standard InChI is InChI=1S/C38H32N2O4S/c1-2-42-35-24-30(20-23-34(35)44-26-29-12-6-3-7-13-29)27-43-33-21-18-28(19-22-33)25-36-37(41)40(32-16-10-5-11-17-32)38(45-36)39-31-14-8-4-9-15-31/h3-25H,2,26-27H2,1H3/b36-25+,39-38?. The molecule has 1 fully saturated rings. The van der Waals surface area contributed by atoms with Crippen LogP contribution in [0.25, 0.3) is 6.08 Å². The van der Waals surface area contributed by atoms with Crippen LogP contribution < -0.4 is 19.1 Å². The number of aliphatic imine (C=N–C) groups is 1. The van der Waals surface area contributed by atoms with E-state index < -0.39 is 0 Å². The molecule has 6 nitrogen and oxygen atoms in total. The number of para-hydroxylation sites is 2. The Morgan fingerprint density at radius 3 is 2.07 bits per heavy atom. The van der Waals surface area contributed by atoms with Gasteiger partial charge >= 0.3 is 0 Å². The number of ether oxygens (including phenoxy) is 3. The summed E-state index contributed by atoms with van der Waals surface area (Å²) in [6.45, 7) is 3.33. The van der Waals surface area contributed by atoms with Gasteiger partial charge in [-0.3, -0.25) is 9.69 Å². The summed E-state index contributed by atoms with van der Waals surface area (Å²) in [5, 5.41) is 0.617. The number of benzene rings is 5. The van der Waals surface area contributed by atoms with Gasteiger partial charge in [0.15, 0.2) is 16.7 Å². The van der Waals surface area contributed by atoms with Crippen molar-refractivity contribution >= 4 is 40.3 Å². The first-order chi connectivity index (χ1) is 22.2. The first-order valence-corrected chi connectivity index (χ1v) is 15.6. The van der Waals surface area contributed by atoms with Crippen molar-refractivity contribution < 1.29 is 19.0 Å². The number of amidine groups is 1. The Labute approximate surface area is 267 Å². The van der Waals surface area contributed by atoms with E-state index in [2.05, 4.69) is 0 Å². The molecule has 6 rings (SSSR count). The number of hydrogen-bond acceptors (Lipinski definition) is 6. The second-order valence-electron chi connectivity index (χ2n) is 10.2. The fourth-order valence-electron chi connectivity index (χ4n) is 4.71. The highest BCUT2D eigenvalue weighted by Gasteiger charge is 2.34. The van der Waals surface area contributed by atoms with Gasteiger partial charge in [-0.2, -0.15) is 0 Å². The van der Waals surface area contributed by atoms with Crippen molar-refractivity contribution in [3.8, 4) is 17.2 Å². The summed E-state index contributed by atoms with van der Waals surface area (Å²) in [6, 6.07) is 42.9. The molecule has 0 atom stereocenters. The van der Waals surface area contributed by atoms with E-state index in [1.807, 2.05) is 146 Å². The Hall–Kier alpha value is -5.27. The minimum Gasteiger partial charge on any atom is -0.490 e. The summed E-state index contributed by atoms with van der Waals surface area (Å²) in [5.74, 6) is 2.00. The van der Waals surface area contributed by atoms with Gasteiger partial charge in [0.25, 0.3) is 5.91 Å². The second-order valence-corrected chi connectivity index (χ2v) is 11.2. The van der Waals surface area contributed by atoms with Crippen molar-refractivity contribution in [2.24, 2.45) is 4.99 Å². The Morgan fingerprint density at radius 1 is 0.689 bits per heavy atom. The molecule has 1 saturated heterocycles. The van der Waals surface area contributed by atoms with E-state index >= 15 is 0 Å². The monoisotopic (exact) mass is 612 g/mol. The van der Waals surface area contributed by atoms with Crippen LogP contribution in [0.4, 0.5) is 11.4 Å². The maximum Gasteiger partial charge on any atom is 0.271 e.